The summed E-state index contributed by atoms with van der Waals surface area (Å²) in [6, 6.07) is 7.54. The number of alkyl halides is 3. The van der Waals surface area contributed by atoms with Crippen molar-refractivity contribution in [2.24, 2.45) is 0 Å². The van der Waals surface area contributed by atoms with Crippen LogP contribution < -0.4 is 0 Å². The lowest BCUT2D eigenvalue weighted by molar-refractivity contribution is -0.136. The van der Waals surface area contributed by atoms with Crippen LogP contribution in [0.5, 0.6) is 0 Å². The molecule has 0 fully saturated rings. The van der Waals surface area contributed by atoms with Gasteiger partial charge in [-0.3, -0.25) is 0 Å². The van der Waals surface area contributed by atoms with Gasteiger partial charge in [-0.2, -0.15) is 17.9 Å². The highest BCUT2D eigenvalue weighted by Crippen LogP contribution is 2.40. The summed E-state index contributed by atoms with van der Waals surface area (Å²) in [6.45, 7) is 0. The van der Waals surface area contributed by atoms with E-state index in [0.717, 1.165) is 19.2 Å². The molecular formula is C17H10Cl2F3NO3. The third-order valence-corrected chi connectivity index (χ3v) is 4.59. The average Bonchev–Trinajstić information content (AvgIpc) is 2.92. The van der Waals surface area contributed by atoms with Crippen LogP contribution in [0.25, 0.3) is 22.0 Å². The number of hydrogen-bond donors (Lipinski definition) is 1. The van der Waals surface area contributed by atoms with Gasteiger partial charge < -0.3 is 9.94 Å². The molecule has 3 aromatic rings. The molecule has 0 amide bonds. The molecule has 0 saturated heterocycles. The van der Waals surface area contributed by atoms with Crippen molar-refractivity contribution in [3.8, 4) is 11.1 Å². The largest absolute Gasteiger partial charge is 0.464 e. The number of fused-ring (bicyclic) bond motifs is 1. The first kappa shape index (κ1) is 18.4. The topological polar surface area (TPSA) is 51.5 Å². The van der Waals surface area contributed by atoms with Crippen LogP contribution in [0.4, 0.5) is 13.2 Å². The number of ether oxygens (including phenoxy) is 1. The number of halogens is 5. The summed E-state index contributed by atoms with van der Waals surface area (Å²) < 4.78 is 45.4. The summed E-state index contributed by atoms with van der Waals surface area (Å²) in [5, 5.41) is 10.3. The lowest BCUT2D eigenvalue weighted by atomic mass is 10.00. The Labute approximate surface area is 155 Å². The first-order chi connectivity index (χ1) is 12.1. The fraction of sp³-hybridized carbons (Fsp3) is 0.118. The van der Waals surface area contributed by atoms with Crippen LogP contribution >= 0.6 is 23.2 Å². The Morgan fingerprint density at radius 1 is 1.08 bits per heavy atom. The first-order valence-electron chi connectivity index (χ1n) is 7.13. The van der Waals surface area contributed by atoms with Gasteiger partial charge in [0, 0.05) is 5.39 Å². The van der Waals surface area contributed by atoms with Crippen molar-refractivity contribution in [3.05, 3.63) is 57.7 Å². The number of carbonyl (C=O) groups is 1. The average molecular weight is 404 g/mol. The highest BCUT2D eigenvalue weighted by Gasteiger charge is 2.35. The van der Waals surface area contributed by atoms with Crippen molar-refractivity contribution >= 4 is 40.1 Å². The molecule has 0 aliphatic rings. The van der Waals surface area contributed by atoms with Gasteiger partial charge >= 0.3 is 12.1 Å². The van der Waals surface area contributed by atoms with E-state index in [1.165, 1.54) is 24.3 Å². The number of methoxy groups -OCH3 is 1. The Hall–Kier alpha value is -2.38. The Bertz CT molecular complexity index is 1030. The number of esters is 1. The normalized spacial score (nSPS) is 11.8. The summed E-state index contributed by atoms with van der Waals surface area (Å²) >= 11 is 11.8. The molecule has 0 aliphatic carbocycles. The number of aromatic nitrogens is 1. The predicted molar refractivity (Wildman–Crippen MR) is 90.9 cm³/mol. The molecule has 26 heavy (non-hydrogen) atoms. The first-order valence-corrected chi connectivity index (χ1v) is 7.88. The second-order valence-corrected chi connectivity index (χ2v) is 6.23. The molecule has 0 aliphatic heterocycles. The van der Waals surface area contributed by atoms with E-state index in [-0.39, 0.29) is 26.5 Å². The van der Waals surface area contributed by atoms with Crippen molar-refractivity contribution in [2.75, 3.05) is 7.11 Å². The van der Waals surface area contributed by atoms with E-state index in [2.05, 4.69) is 4.74 Å². The van der Waals surface area contributed by atoms with E-state index in [0.29, 0.717) is 10.3 Å². The SMILES string of the molecule is COC(=O)c1cc2c(C(F)(F)F)cc(-c3ccc(Cl)c(Cl)c3)cc2n1O. The molecule has 0 spiro atoms. The minimum Gasteiger partial charge on any atom is -0.464 e. The molecule has 3 rings (SSSR count). The maximum Gasteiger partial charge on any atom is 0.417 e. The number of rotatable bonds is 2. The van der Waals surface area contributed by atoms with Crippen LogP contribution in [0.2, 0.25) is 10.0 Å². The fourth-order valence-corrected chi connectivity index (χ4v) is 2.92. The zero-order valence-electron chi connectivity index (χ0n) is 13.1. The van der Waals surface area contributed by atoms with E-state index < -0.39 is 23.4 Å². The van der Waals surface area contributed by atoms with Gasteiger partial charge in [-0.05, 0) is 41.5 Å². The minimum atomic E-state index is -4.71. The van der Waals surface area contributed by atoms with E-state index in [1.807, 2.05) is 0 Å². The number of hydrogen-bond acceptors (Lipinski definition) is 3. The van der Waals surface area contributed by atoms with E-state index in [9.17, 15) is 23.2 Å². The number of carbonyl (C=O) groups excluding carboxylic acids is 1. The van der Waals surface area contributed by atoms with Gasteiger partial charge in [-0.25, -0.2) is 4.79 Å². The van der Waals surface area contributed by atoms with Gasteiger partial charge in [-0.1, -0.05) is 29.3 Å². The maximum atomic E-state index is 13.5. The quantitative estimate of drug-likeness (QED) is 0.443. The third-order valence-electron chi connectivity index (χ3n) is 3.85. The molecule has 0 bridgehead atoms. The summed E-state index contributed by atoms with van der Waals surface area (Å²) in [5.74, 6) is -0.965. The van der Waals surface area contributed by atoms with E-state index >= 15 is 0 Å². The Morgan fingerprint density at radius 3 is 2.35 bits per heavy atom. The summed E-state index contributed by atoms with van der Waals surface area (Å²) in [6.07, 6.45) is -4.71. The van der Waals surface area contributed by atoms with Crippen molar-refractivity contribution in [1.29, 1.82) is 0 Å². The molecule has 0 saturated carbocycles. The summed E-state index contributed by atoms with van der Waals surface area (Å²) in [4.78, 5) is 11.7. The molecule has 0 atom stereocenters. The van der Waals surface area contributed by atoms with E-state index in [4.69, 9.17) is 23.2 Å². The molecule has 136 valence electrons. The second-order valence-electron chi connectivity index (χ2n) is 5.42. The molecule has 4 nitrogen and oxygen atoms in total. The molecule has 0 unspecified atom stereocenters. The van der Waals surface area contributed by atoms with Crippen LogP contribution in [-0.4, -0.2) is 23.0 Å². The van der Waals surface area contributed by atoms with Gasteiger partial charge in [0.05, 0.1) is 28.2 Å². The van der Waals surface area contributed by atoms with Gasteiger partial charge in [-0.15, -0.1) is 0 Å². The smallest absolute Gasteiger partial charge is 0.417 e. The summed E-state index contributed by atoms with van der Waals surface area (Å²) in [7, 11) is 1.06. The highest BCUT2D eigenvalue weighted by molar-refractivity contribution is 6.42. The number of benzene rings is 2. The second kappa shape index (κ2) is 6.41. The fourth-order valence-electron chi connectivity index (χ4n) is 2.62. The standard InChI is InChI=1S/C17H10Cl2F3NO3/c1-26-16(24)15-7-10-11(17(20,21)22)4-9(6-14(10)23(15)25)8-2-3-12(18)13(19)5-8/h2-7,25H,1H3. The molecule has 2 aromatic carbocycles. The van der Waals surface area contributed by atoms with Crippen LogP contribution in [0.1, 0.15) is 16.1 Å². The van der Waals surface area contributed by atoms with Crippen LogP contribution in [0, 0.1) is 0 Å². The third kappa shape index (κ3) is 3.08. The molecular weight excluding hydrogens is 394 g/mol. The maximum absolute atomic E-state index is 13.5. The lowest BCUT2D eigenvalue weighted by Crippen LogP contribution is -2.08. The molecule has 1 aromatic heterocycles. The highest BCUT2D eigenvalue weighted by atomic mass is 35.5. The van der Waals surface area contributed by atoms with Crippen molar-refractivity contribution < 1.29 is 27.9 Å². The van der Waals surface area contributed by atoms with Gasteiger partial charge in [0.1, 0.15) is 0 Å². The van der Waals surface area contributed by atoms with Crippen LogP contribution in [0.3, 0.4) is 0 Å². The predicted octanol–water partition coefficient (Wildman–Crippen LogP) is 5.66. The molecule has 1 heterocycles. The van der Waals surface area contributed by atoms with Crippen LogP contribution in [-0.2, 0) is 10.9 Å². The van der Waals surface area contributed by atoms with Crippen molar-refractivity contribution in [2.45, 2.75) is 6.18 Å². The van der Waals surface area contributed by atoms with Crippen molar-refractivity contribution in [3.63, 3.8) is 0 Å². The van der Waals surface area contributed by atoms with Gasteiger partial charge in [0.25, 0.3) is 0 Å². The summed E-state index contributed by atoms with van der Waals surface area (Å²) in [5.41, 5.74) is -1.10. The molecule has 9 heteroatoms. The zero-order valence-corrected chi connectivity index (χ0v) is 14.6. The molecule has 1 N–H and O–H groups in total. The monoisotopic (exact) mass is 403 g/mol. The lowest BCUT2D eigenvalue weighted by Gasteiger charge is -2.12. The zero-order chi connectivity index (χ0) is 19.2. The Kier molecular flexibility index (Phi) is 4.54. The van der Waals surface area contributed by atoms with Crippen LogP contribution in [0.15, 0.2) is 36.4 Å². The van der Waals surface area contributed by atoms with Gasteiger partial charge in [0.15, 0.2) is 5.69 Å². The van der Waals surface area contributed by atoms with Crippen molar-refractivity contribution in [1.82, 2.24) is 4.73 Å². The Balaban J connectivity index is 2.34. The Morgan fingerprint density at radius 2 is 1.77 bits per heavy atom. The molecule has 0 radical (unpaired) electrons. The van der Waals surface area contributed by atoms with Gasteiger partial charge in [0.2, 0.25) is 0 Å². The minimum absolute atomic E-state index is 0.146. The van der Waals surface area contributed by atoms with E-state index in [1.54, 1.807) is 0 Å². The number of nitrogens with zero attached hydrogens (tertiary/aromatic N) is 1.